The summed E-state index contributed by atoms with van der Waals surface area (Å²) >= 11 is 8.22. The highest BCUT2D eigenvalue weighted by Gasteiger charge is 2.12. The number of aryl methyl sites for hydroxylation is 2. The maximum atomic E-state index is 6.37. The predicted octanol–water partition coefficient (Wildman–Crippen LogP) is 5.23. The van der Waals surface area contributed by atoms with Crippen LogP contribution in [0, 0.1) is 13.8 Å². The van der Waals surface area contributed by atoms with E-state index in [1.165, 1.54) is 34.6 Å². The highest BCUT2D eigenvalue weighted by molar-refractivity contribution is 7.12. The van der Waals surface area contributed by atoms with Crippen molar-refractivity contribution in [2.24, 2.45) is 0 Å². The van der Waals surface area contributed by atoms with Crippen LogP contribution in [0.25, 0.3) is 0 Å². The average Bonchev–Trinajstić information content (AvgIpc) is 2.45. The molecule has 0 spiro atoms. The predicted molar refractivity (Wildman–Crippen MR) is 66.5 cm³/mol. The topological polar surface area (TPSA) is 0 Å². The van der Waals surface area contributed by atoms with Gasteiger partial charge in [0, 0.05) is 9.75 Å². The Balaban J connectivity index is 2.51. The van der Waals surface area contributed by atoms with Crippen LogP contribution in [0.15, 0.2) is 6.07 Å². The van der Waals surface area contributed by atoms with E-state index in [0.717, 1.165) is 6.42 Å². The van der Waals surface area contributed by atoms with Gasteiger partial charge in [-0.2, -0.15) is 0 Å². The monoisotopic (exact) mass is 230 g/mol. The van der Waals surface area contributed by atoms with Crippen molar-refractivity contribution >= 4 is 22.9 Å². The molecule has 0 aliphatic carbocycles. The van der Waals surface area contributed by atoms with Gasteiger partial charge >= 0.3 is 0 Å². The van der Waals surface area contributed by atoms with E-state index < -0.39 is 0 Å². The number of hydrogen-bond acceptors (Lipinski definition) is 1. The molecule has 14 heavy (non-hydrogen) atoms. The summed E-state index contributed by atoms with van der Waals surface area (Å²) in [6.07, 6.45) is 4.94. The highest BCUT2D eigenvalue weighted by atomic mass is 35.5. The molecule has 0 fully saturated rings. The van der Waals surface area contributed by atoms with Crippen LogP contribution in [-0.2, 0) is 0 Å². The highest BCUT2D eigenvalue weighted by Crippen LogP contribution is 2.34. The molecule has 1 unspecified atom stereocenters. The van der Waals surface area contributed by atoms with Crippen molar-refractivity contribution in [3.63, 3.8) is 0 Å². The van der Waals surface area contributed by atoms with Crippen LogP contribution in [0.1, 0.15) is 53.3 Å². The third kappa shape index (κ3) is 3.29. The fourth-order valence-corrected chi connectivity index (χ4v) is 3.18. The zero-order valence-electron chi connectivity index (χ0n) is 9.27. The lowest BCUT2D eigenvalue weighted by atomic mass is 10.1. The van der Waals surface area contributed by atoms with Crippen molar-refractivity contribution in [3.05, 3.63) is 21.4 Å². The third-order valence-electron chi connectivity index (χ3n) is 2.42. The molecule has 1 aromatic heterocycles. The molecule has 1 aromatic rings. The standard InChI is InChI=1S/C12H19ClS/c1-4-5-6-7-11(13)12-9(2)8-10(3)14-12/h8,11H,4-7H2,1-3H3. The SMILES string of the molecule is CCCCCC(Cl)c1sc(C)cc1C. The summed E-state index contributed by atoms with van der Waals surface area (Å²) in [6.45, 7) is 6.54. The molecular weight excluding hydrogens is 212 g/mol. The van der Waals surface area contributed by atoms with Crippen molar-refractivity contribution in [1.82, 2.24) is 0 Å². The molecule has 0 bridgehead atoms. The van der Waals surface area contributed by atoms with Crippen molar-refractivity contribution in [2.75, 3.05) is 0 Å². The molecule has 1 heterocycles. The second-order valence-corrected chi connectivity index (χ2v) is 5.68. The van der Waals surface area contributed by atoms with E-state index in [4.69, 9.17) is 11.6 Å². The normalized spacial score (nSPS) is 13.1. The summed E-state index contributed by atoms with van der Waals surface area (Å²) in [6, 6.07) is 2.23. The second kappa shape index (κ2) is 5.77. The number of rotatable bonds is 5. The Hall–Kier alpha value is -0.0100. The van der Waals surface area contributed by atoms with Gasteiger partial charge in [0.2, 0.25) is 0 Å². The van der Waals surface area contributed by atoms with E-state index in [0.29, 0.717) is 0 Å². The Bertz CT molecular complexity index is 278. The van der Waals surface area contributed by atoms with Gasteiger partial charge in [0.25, 0.3) is 0 Å². The van der Waals surface area contributed by atoms with Crippen molar-refractivity contribution in [1.29, 1.82) is 0 Å². The summed E-state index contributed by atoms with van der Waals surface area (Å²) in [5.74, 6) is 0. The number of unbranched alkanes of at least 4 members (excludes halogenated alkanes) is 2. The lowest BCUT2D eigenvalue weighted by molar-refractivity contribution is 0.658. The van der Waals surface area contributed by atoms with Crippen LogP contribution in [-0.4, -0.2) is 0 Å². The maximum absolute atomic E-state index is 6.37. The average molecular weight is 231 g/mol. The number of halogens is 1. The maximum Gasteiger partial charge on any atom is 0.0681 e. The molecule has 0 amide bonds. The zero-order chi connectivity index (χ0) is 10.6. The Labute approximate surface area is 96.3 Å². The Kier molecular flexibility index (Phi) is 4.97. The molecule has 1 atom stereocenters. The first-order chi connectivity index (χ1) is 6.65. The van der Waals surface area contributed by atoms with Gasteiger partial charge in [-0.3, -0.25) is 0 Å². The van der Waals surface area contributed by atoms with Gasteiger partial charge in [0.05, 0.1) is 5.38 Å². The largest absolute Gasteiger partial charge is 0.144 e. The third-order valence-corrected chi connectivity index (χ3v) is 4.26. The van der Waals surface area contributed by atoms with Crippen LogP contribution in [0.2, 0.25) is 0 Å². The summed E-state index contributed by atoms with van der Waals surface area (Å²) in [4.78, 5) is 2.75. The summed E-state index contributed by atoms with van der Waals surface area (Å²) < 4.78 is 0. The van der Waals surface area contributed by atoms with E-state index in [2.05, 4.69) is 26.8 Å². The van der Waals surface area contributed by atoms with Crippen molar-refractivity contribution in [2.45, 2.75) is 51.8 Å². The molecule has 0 saturated heterocycles. The molecule has 0 aliphatic rings. The van der Waals surface area contributed by atoms with E-state index in [1.807, 2.05) is 11.3 Å². The Morgan fingerprint density at radius 3 is 2.57 bits per heavy atom. The van der Waals surface area contributed by atoms with Crippen LogP contribution < -0.4 is 0 Å². The van der Waals surface area contributed by atoms with Crippen molar-refractivity contribution < 1.29 is 0 Å². The van der Waals surface area contributed by atoms with Gasteiger partial charge < -0.3 is 0 Å². The first kappa shape index (κ1) is 12.1. The fraction of sp³-hybridized carbons (Fsp3) is 0.667. The van der Waals surface area contributed by atoms with Crippen LogP contribution in [0.3, 0.4) is 0 Å². The fourth-order valence-electron chi connectivity index (χ4n) is 1.68. The molecule has 0 aromatic carbocycles. The minimum absolute atomic E-state index is 0.236. The summed E-state index contributed by atoms with van der Waals surface area (Å²) in [7, 11) is 0. The molecule has 0 N–H and O–H groups in total. The molecule has 80 valence electrons. The molecule has 1 rings (SSSR count). The molecule has 0 radical (unpaired) electrons. The van der Waals surface area contributed by atoms with Crippen LogP contribution in [0.4, 0.5) is 0 Å². The summed E-state index contributed by atoms with van der Waals surface area (Å²) in [5.41, 5.74) is 1.36. The Morgan fingerprint density at radius 2 is 2.07 bits per heavy atom. The van der Waals surface area contributed by atoms with Gasteiger partial charge in [-0.25, -0.2) is 0 Å². The minimum Gasteiger partial charge on any atom is -0.144 e. The first-order valence-corrected chi connectivity index (χ1v) is 6.61. The number of alkyl halides is 1. The molecule has 0 saturated carbocycles. The van der Waals surface area contributed by atoms with E-state index in [9.17, 15) is 0 Å². The molecular formula is C12H19ClS. The smallest absolute Gasteiger partial charge is 0.0681 e. The molecule has 2 heteroatoms. The molecule has 0 nitrogen and oxygen atoms in total. The molecule has 0 aliphatic heterocycles. The van der Waals surface area contributed by atoms with Crippen LogP contribution >= 0.6 is 22.9 Å². The van der Waals surface area contributed by atoms with Gasteiger partial charge in [-0.1, -0.05) is 26.2 Å². The lowest BCUT2D eigenvalue weighted by Crippen LogP contribution is -1.89. The minimum atomic E-state index is 0.236. The van der Waals surface area contributed by atoms with E-state index in [1.54, 1.807) is 0 Å². The van der Waals surface area contributed by atoms with E-state index >= 15 is 0 Å². The lowest BCUT2D eigenvalue weighted by Gasteiger charge is -2.07. The van der Waals surface area contributed by atoms with Gasteiger partial charge in [0.15, 0.2) is 0 Å². The quantitative estimate of drug-likeness (QED) is 0.480. The summed E-state index contributed by atoms with van der Waals surface area (Å²) in [5, 5.41) is 0.236. The second-order valence-electron chi connectivity index (χ2n) is 3.87. The van der Waals surface area contributed by atoms with Crippen molar-refractivity contribution in [3.8, 4) is 0 Å². The van der Waals surface area contributed by atoms with Gasteiger partial charge in [-0.15, -0.1) is 22.9 Å². The number of thiophene rings is 1. The first-order valence-electron chi connectivity index (χ1n) is 5.36. The van der Waals surface area contributed by atoms with Gasteiger partial charge in [-0.05, 0) is 31.9 Å². The number of hydrogen-bond donors (Lipinski definition) is 0. The zero-order valence-corrected chi connectivity index (χ0v) is 10.8. The van der Waals surface area contributed by atoms with E-state index in [-0.39, 0.29) is 5.38 Å². The van der Waals surface area contributed by atoms with Gasteiger partial charge in [0.1, 0.15) is 0 Å². The Morgan fingerprint density at radius 1 is 1.36 bits per heavy atom. The van der Waals surface area contributed by atoms with Crippen LogP contribution in [0.5, 0.6) is 0 Å².